The van der Waals surface area contributed by atoms with Crippen LogP contribution in [0.1, 0.15) is 19.3 Å². The Morgan fingerprint density at radius 3 is 2.67 bits per heavy atom. The molecule has 0 spiro atoms. The topological polar surface area (TPSA) is 64.3 Å². The van der Waals surface area contributed by atoms with Crippen LogP contribution in [0.2, 0.25) is 5.02 Å². The van der Waals surface area contributed by atoms with Crippen molar-refractivity contribution in [1.82, 2.24) is 5.32 Å². The summed E-state index contributed by atoms with van der Waals surface area (Å²) >= 11 is 5.76. The fourth-order valence-corrected chi connectivity index (χ4v) is 1.50. The van der Waals surface area contributed by atoms with E-state index in [4.69, 9.17) is 22.1 Å². The molecular formula is C13H19ClN2O2. The van der Waals surface area contributed by atoms with E-state index in [1.807, 2.05) is 12.1 Å². The first-order chi connectivity index (χ1) is 8.72. The first kappa shape index (κ1) is 14.8. The molecule has 0 saturated carbocycles. The highest BCUT2D eigenvalue weighted by atomic mass is 35.5. The van der Waals surface area contributed by atoms with Crippen LogP contribution in [0.5, 0.6) is 5.75 Å². The number of benzene rings is 1. The molecule has 18 heavy (non-hydrogen) atoms. The smallest absolute Gasteiger partial charge is 0.220 e. The van der Waals surface area contributed by atoms with Crippen molar-refractivity contribution in [2.45, 2.75) is 19.3 Å². The zero-order valence-electron chi connectivity index (χ0n) is 10.3. The molecule has 1 rings (SSSR count). The van der Waals surface area contributed by atoms with Crippen LogP contribution in [0.15, 0.2) is 24.3 Å². The van der Waals surface area contributed by atoms with Crippen molar-refractivity contribution in [1.29, 1.82) is 0 Å². The summed E-state index contributed by atoms with van der Waals surface area (Å²) in [5.41, 5.74) is 5.33. The molecule has 0 unspecified atom stereocenters. The van der Waals surface area contributed by atoms with Crippen LogP contribution < -0.4 is 15.8 Å². The van der Waals surface area contributed by atoms with Gasteiger partial charge in [-0.3, -0.25) is 4.79 Å². The van der Waals surface area contributed by atoms with Crippen LogP contribution in [0.3, 0.4) is 0 Å². The maximum absolute atomic E-state index is 11.3. The van der Waals surface area contributed by atoms with Gasteiger partial charge in [0.1, 0.15) is 5.75 Å². The molecule has 0 aliphatic heterocycles. The van der Waals surface area contributed by atoms with Crippen molar-refractivity contribution in [3.8, 4) is 5.75 Å². The lowest BCUT2D eigenvalue weighted by Gasteiger charge is -2.06. The number of halogens is 1. The molecular weight excluding hydrogens is 252 g/mol. The average Bonchev–Trinajstić information content (AvgIpc) is 2.37. The molecule has 1 aromatic rings. The van der Waals surface area contributed by atoms with Crippen molar-refractivity contribution in [2.24, 2.45) is 5.73 Å². The van der Waals surface area contributed by atoms with Crippen LogP contribution in [0.25, 0.3) is 0 Å². The van der Waals surface area contributed by atoms with Gasteiger partial charge >= 0.3 is 0 Å². The Balaban J connectivity index is 2.07. The largest absolute Gasteiger partial charge is 0.494 e. The number of hydrogen-bond donors (Lipinski definition) is 2. The summed E-state index contributed by atoms with van der Waals surface area (Å²) in [6, 6.07) is 7.17. The van der Waals surface area contributed by atoms with E-state index in [1.165, 1.54) is 0 Å². The Hall–Kier alpha value is -1.26. The third kappa shape index (κ3) is 6.47. The first-order valence-electron chi connectivity index (χ1n) is 6.07. The molecule has 5 heteroatoms. The first-order valence-corrected chi connectivity index (χ1v) is 6.45. The van der Waals surface area contributed by atoms with Gasteiger partial charge in [0, 0.05) is 18.0 Å². The monoisotopic (exact) mass is 270 g/mol. The van der Waals surface area contributed by atoms with Crippen molar-refractivity contribution in [2.75, 3.05) is 19.7 Å². The number of nitrogens with two attached hydrogens (primary N) is 1. The number of amides is 1. The van der Waals surface area contributed by atoms with Gasteiger partial charge in [0.2, 0.25) is 5.91 Å². The lowest BCUT2D eigenvalue weighted by atomic mass is 10.3. The van der Waals surface area contributed by atoms with Crippen LogP contribution in [0, 0.1) is 0 Å². The highest BCUT2D eigenvalue weighted by molar-refractivity contribution is 6.30. The Labute approximate surface area is 112 Å². The molecule has 0 atom stereocenters. The van der Waals surface area contributed by atoms with Crippen LogP contribution in [0.4, 0.5) is 0 Å². The van der Waals surface area contributed by atoms with Crippen LogP contribution >= 0.6 is 11.6 Å². The fraction of sp³-hybridized carbons (Fsp3) is 0.462. The zero-order chi connectivity index (χ0) is 13.2. The molecule has 0 radical (unpaired) electrons. The average molecular weight is 271 g/mol. The Morgan fingerprint density at radius 1 is 1.28 bits per heavy atom. The SMILES string of the molecule is NCCCNC(=O)CCCOc1ccc(Cl)cc1. The van der Waals surface area contributed by atoms with Crippen molar-refractivity contribution in [3.05, 3.63) is 29.3 Å². The third-order valence-electron chi connectivity index (χ3n) is 2.33. The molecule has 0 heterocycles. The molecule has 0 aromatic heterocycles. The number of hydrogen-bond acceptors (Lipinski definition) is 3. The third-order valence-corrected chi connectivity index (χ3v) is 2.59. The summed E-state index contributed by atoms with van der Waals surface area (Å²) in [7, 11) is 0. The predicted molar refractivity (Wildman–Crippen MR) is 72.9 cm³/mol. The molecule has 0 saturated heterocycles. The number of ether oxygens (including phenoxy) is 1. The number of carbonyl (C=O) groups is 1. The minimum Gasteiger partial charge on any atom is -0.494 e. The van der Waals surface area contributed by atoms with Crippen molar-refractivity contribution < 1.29 is 9.53 Å². The molecule has 0 aliphatic rings. The Morgan fingerprint density at radius 2 is 2.00 bits per heavy atom. The second-order valence-corrected chi connectivity index (χ2v) is 4.33. The molecule has 4 nitrogen and oxygen atoms in total. The molecule has 3 N–H and O–H groups in total. The van der Waals surface area contributed by atoms with Gasteiger partial charge in [-0.1, -0.05) is 11.6 Å². The van der Waals surface area contributed by atoms with Gasteiger partial charge in [0.05, 0.1) is 6.61 Å². The molecule has 100 valence electrons. The normalized spacial score (nSPS) is 10.1. The summed E-state index contributed by atoms with van der Waals surface area (Å²) < 4.78 is 5.48. The predicted octanol–water partition coefficient (Wildman–Crippen LogP) is 1.96. The van der Waals surface area contributed by atoms with Gasteiger partial charge in [-0.25, -0.2) is 0 Å². The van der Waals surface area contributed by atoms with Crippen LogP contribution in [-0.4, -0.2) is 25.6 Å². The van der Waals surface area contributed by atoms with E-state index >= 15 is 0 Å². The van der Waals surface area contributed by atoms with E-state index in [1.54, 1.807) is 12.1 Å². The molecule has 0 bridgehead atoms. The Bertz CT molecular complexity index is 355. The second kappa shape index (κ2) is 8.78. The summed E-state index contributed by atoms with van der Waals surface area (Å²) in [6.07, 6.45) is 1.97. The van der Waals surface area contributed by atoms with E-state index in [0.29, 0.717) is 37.6 Å². The lowest BCUT2D eigenvalue weighted by molar-refractivity contribution is -0.121. The van der Waals surface area contributed by atoms with Gasteiger partial charge in [-0.2, -0.15) is 0 Å². The minimum atomic E-state index is 0.0446. The summed E-state index contributed by atoms with van der Waals surface area (Å²) in [5, 5.41) is 3.48. The second-order valence-electron chi connectivity index (χ2n) is 3.90. The van der Waals surface area contributed by atoms with Crippen LogP contribution in [-0.2, 0) is 4.79 Å². The number of rotatable bonds is 8. The maximum atomic E-state index is 11.3. The molecule has 0 fully saturated rings. The van der Waals surface area contributed by atoms with Gasteiger partial charge in [-0.15, -0.1) is 0 Å². The van der Waals surface area contributed by atoms with Crippen molar-refractivity contribution >= 4 is 17.5 Å². The highest BCUT2D eigenvalue weighted by Crippen LogP contribution is 2.15. The molecule has 1 aromatic carbocycles. The highest BCUT2D eigenvalue weighted by Gasteiger charge is 2.00. The van der Waals surface area contributed by atoms with Gasteiger partial charge in [0.15, 0.2) is 0 Å². The van der Waals surface area contributed by atoms with E-state index in [-0.39, 0.29) is 5.91 Å². The number of carbonyl (C=O) groups excluding carboxylic acids is 1. The molecule has 1 amide bonds. The van der Waals surface area contributed by atoms with Gasteiger partial charge in [-0.05, 0) is 43.7 Å². The summed E-state index contributed by atoms with van der Waals surface area (Å²) in [4.78, 5) is 11.3. The van der Waals surface area contributed by atoms with Gasteiger partial charge < -0.3 is 15.8 Å². The van der Waals surface area contributed by atoms with E-state index in [9.17, 15) is 4.79 Å². The minimum absolute atomic E-state index is 0.0446. The molecule has 0 aliphatic carbocycles. The number of nitrogens with one attached hydrogen (secondary N) is 1. The Kier molecular flexibility index (Phi) is 7.22. The van der Waals surface area contributed by atoms with Crippen molar-refractivity contribution in [3.63, 3.8) is 0 Å². The lowest BCUT2D eigenvalue weighted by Crippen LogP contribution is -2.26. The van der Waals surface area contributed by atoms with Gasteiger partial charge in [0.25, 0.3) is 0 Å². The van der Waals surface area contributed by atoms with E-state index < -0.39 is 0 Å². The zero-order valence-corrected chi connectivity index (χ0v) is 11.1. The maximum Gasteiger partial charge on any atom is 0.220 e. The fourth-order valence-electron chi connectivity index (χ4n) is 1.37. The summed E-state index contributed by atoms with van der Waals surface area (Å²) in [6.45, 7) is 1.76. The van der Waals surface area contributed by atoms with E-state index in [0.717, 1.165) is 12.2 Å². The standard InChI is InChI=1S/C13H19ClN2O2/c14-11-4-6-12(7-5-11)18-10-1-3-13(17)16-9-2-8-15/h4-7H,1-3,8-10,15H2,(H,16,17). The summed E-state index contributed by atoms with van der Waals surface area (Å²) in [5.74, 6) is 0.811. The quantitative estimate of drug-likeness (QED) is 0.710. The van der Waals surface area contributed by atoms with E-state index in [2.05, 4.69) is 5.32 Å².